The molecule has 0 heterocycles. The van der Waals surface area contributed by atoms with Crippen LogP contribution in [0.3, 0.4) is 0 Å². The van der Waals surface area contributed by atoms with Crippen LogP contribution in [0.2, 0.25) is 0 Å². The van der Waals surface area contributed by atoms with Crippen molar-refractivity contribution in [1.82, 2.24) is 5.32 Å². The zero-order chi connectivity index (χ0) is 12.7. The summed E-state index contributed by atoms with van der Waals surface area (Å²) in [5, 5.41) is 3.25. The first-order chi connectivity index (χ1) is 8.65. The maximum absolute atomic E-state index is 12.3. The molecule has 1 aromatic rings. The maximum atomic E-state index is 12.3. The average Bonchev–Trinajstić information content (AvgIpc) is 3.21. The van der Waals surface area contributed by atoms with Crippen LogP contribution in [-0.2, 0) is 0 Å². The summed E-state index contributed by atoms with van der Waals surface area (Å²) in [6, 6.07) is 6.31. The molecule has 1 N–H and O–H groups in total. The van der Waals surface area contributed by atoms with E-state index in [9.17, 15) is 4.79 Å². The molecule has 18 heavy (non-hydrogen) atoms. The maximum Gasteiger partial charge on any atom is 0.252 e. The third kappa shape index (κ3) is 2.90. The number of nitrogens with one attached hydrogen (secondary N) is 1. The number of rotatable bonds is 4. The molecule has 0 bridgehead atoms. The topological polar surface area (TPSA) is 29.1 Å². The lowest BCUT2D eigenvalue weighted by molar-refractivity contribution is 0.0925. The second-order valence-corrected chi connectivity index (χ2v) is 7.40. The predicted molar refractivity (Wildman–Crippen MR) is 83.6 cm³/mol. The van der Waals surface area contributed by atoms with Gasteiger partial charge in [0.2, 0.25) is 0 Å². The summed E-state index contributed by atoms with van der Waals surface area (Å²) >= 11 is 5.70. The van der Waals surface area contributed by atoms with Crippen molar-refractivity contribution in [3.05, 3.63) is 31.8 Å². The van der Waals surface area contributed by atoms with Crippen LogP contribution >= 0.6 is 38.5 Å². The Hall–Kier alpha value is -0.100. The summed E-state index contributed by atoms with van der Waals surface area (Å²) in [6.07, 6.45) is 5.15. The number of benzene rings is 1. The molecule has 1 amide bonds. The highest BCUT2D eigenvalue weighted by molar-refractivity contribution is 14.1. The lowest BCUT2D eigenvalue weighted by Gasteiger charge is -2.18. The third-order valence-corrected chi connectivity index (χ3v) is 5.09. The Bertz CT molecular complexity index is 471. The van der Waals surface area contributed by atoms with E-state index in [1.807, 2.05) is 18.2 Å². The molecular formula is C14H15BrINO. The third-order valence-electron chi connectivity index (χ3n) is 3.73. The summed E-state index contributed by atoms with van der Waals surface area (Å²) in [4.78, 5) is 12.3. The zero-order valence-electron chi connectivity index (χ0n) is 9.96. The second kappa shape index (κ2) is 5.12. The fourth-order valence-electron chi connectivity index (χ4n) is 2.43. The van der Waals surface area contributed by atoms with E-state index >= 15 is 0 Å². The van der Waals surface area contributed by atoms with Crippen molar-refractivity contribution in [3.8, 4) is 0 Å². The van der Waals surface area contributed by atoms with Gasteiger partial charge in [-0.15, -0.1) is 0 Å². The predicted octanol–water partition coefficient (Wildman–Crippen LogP) is 3.97. The fraction of sp³-hybridized carbons (Fsp3) is 0.500. The van der Waals surface area contributed by atoms with Gasteiger partial charge in [0, 0.05) is 14.1 Å². The average molecular weight is 420 g/mol. The number of carbonyl (C=O) groups excluding carboxylic acids is 1. The molecule has 4 heteroatoms. The van der Waals surface area contributed by atoms with Gasteiger partial charge in [0.1, 0.15) is 0 Å². The van der Waals surface area contributed by atoms with E-state index in [-0.39, 0.29) is 5.91 Å². The number of halogens is 2. The van der Waals surface area contributed by atoms with Crippen molar-refractivity contribution < 1.29 is 4.79 Å². The molecule has 0 unspecified atom stereocenters. The Labute approximate surface area is 129 Å². The number of hydrogen-bond donors (Lipinski definition) is 1. The van der Waals surface area contributed by atoms with Crippen LogP contribution in [0.25, 0.3) is 0 Å². The molecule has 2 saturated carbocycles. The Morgan fingerprint density at radius 1 is 1.28 bits per heavy atom. The van der Waals surface area contributed by atoms with E-state index < -0.39 is 0 Å². The minimum absolute atomic E-state index is 0.0733. The minimum atomic E-state index is 0.0733. The first-order valence-corrected chi connectivity index (χ1v) is 8.28. The van der Waals surface area contributed by atoms with E-state index in [0.29, 0.717) is 6.04 Å². The Kier molecular flexibility index (Phi) is 3.67. The van der Waals surface area contributed by atoms with E-state index in [2.05, 4.69) is 43.8 Å². The highest BCUT2D eigenvalue weighted by Crippen LogP contribution is 2.44. The van der Waals surface area contributed by atoms with Crippen molar-refractivity contribution in [2.75, 3.05) is 0 Å². The van der Waals surface area contributed by atoms with Crippen molar-refractivity contribution in [1.29, 1.82) is 0 Å². The van der Waals surface area contributed by atoms with Crippen molar-refractivity contribution in [2.24, 2.45) is 11.8 Å². The Morgan fingerprint density at radius 2 is 1.89 bits per heavy atom. The highest BCUT2D eigenvalue weighted by Gasteiger charge is 2.42. The molecule has 2 aliphatic rings. The van der Waals surface area contributed by atoms with Gasteiger partial charge in [0.05, 0.1) is 5.56 Å². The van der Waals surface area contributed by atoms with E-state index in [4.69, 9.17) is 0 Å². The van der Waals surface area contributed by atoms with Crippen molar-refractivity contribution >= 4 is 44.4 Å². The number of hydrogen-bond acceptors (Lipinski definition) is 1. The van der Waals surface area contributed by atoms with Gasteiger partial charge >= 0.3 is 0 Å². The fourth-order valence-corrected chi connectivity index (χ4v) is 3.35. The van der Waals surface area contributed by atoms with Crippen LogP contribution in [0.15, 0.2) is 22.7 Å². The highest BCUT2D eigenvalue weighted by atomic mass is 127. The molecule has 0 spiro atoms. The molecule has 2 nitrogen and oxygen atoms in total. The van der Waals surface area contributed by atoms with E-state index in [1.54, 1.807) is 0 Å². The van der Waals surface area contributed by atoms with Gasteiger partial charge in [-0.2, -0.15) is 0 Å². The lowest BCUT2D eigenvalue weighted by Crippen LogP contribution is -2.38. The Morgan fingerprint density at radius 3 is 2.44 bits per heavy atom. The molecule has 0 radical (unpaired) electrons. The van der Waals surface area contributed by atoms with Gasteiger partial charge in [-0.1, -0.05) is 0 Å². The molecule has 0 saturated heterocycles. The summed E-state index contributed by atoms with van der Waals surface area (Å²) < 4.78 is 1.97. The monoisotopic (exact) mass is 419 g/mol. The van der Waals surface area contributed by atoms with Gasteiger partial charge in [0.25, 0.3) is 5.91 Å². The first-order valence-electron chi connectivity index (χ1n) is 6.41. The molecule has 3 rings (SSSR count). The van der Waals surface area contributed by atoms with E-state index in [1.165, 1.54) is 25.7 Å². The lowest BCUT2D eigenvalue weighted by atomic mass is 10.1. The zero-order valence-corrected chi connectivity index (χ0v) is 13.7. The van der Waals surface area contributed by atoms with Crippen LogP contribution in [0.5, 0.6) is 0 Å². The number of amides is 1. The van der Waals surface area contributed by atoms with Crippen LogP contribution < -0.4 is 5.32 Å². The quantitative estimate of drug-likeness (QED) is 0.735. The largest absolute Gasteiger partial charge is 0.349 e. The Balaban J connectivity index is 1.75. The molecule has 1 aromatic carbocycles. The molecule has 96 valence electrons. The SMILES string of the molecule is O=C(NC(C1CC1)C1CC1)c1cc(I)ccc1Br. The van der Waals surface area contributed by atoms with Crippen molar-refractivity contribution in [2.45, 2.75) is 31.7 Å². The molecule has 2 aliphatic carbocycles. The summed E-state index contributed by atoms with van der Waals surface area (Å²) in [6.45, 7) is 0. The van der Waals surface area contributed by atoms with Gasteiger partial charge in [-0.05, 0) is 94.2 Å². The smallest absolute Gasteiger partial charge is 0.252 e. The molecule has 0 atom stereocenters. The summed E-state index contributed by atoms with van der Waals surface area (Å²) in [5.74, 6) is 1.55. The first kappa shape index (κ1) is 12.9. The van der Waals surface area contributed by atoms with Gasteiger partial charge in [-0.25, -0.2) is 0 Å². The summed E-state index contributed by atoms with van der Waals surface area (Å²) in [5.41, 5.74) is 0.758. The number of carbonyl (C=O) groups is 1. The normalized spacial score (nSPS) is 19.1. The minimum Gasteiger partial charge on any atom is -0.349 e. The van der Waals surface area contributed by atoms with Crippen LogP contribution in [0, 0.1) is 15.4 Å². The van der Waals surface area contributed by atoms with Gasteiger partial charge in [-0.3, -0.25) is 4.79 Å². The van der Waals surface area contributed by atoms with Crippen LogP contribution in [0.4, 0.5) is 0 Å². The standard InChI is InChI=1S/C14H15BrINO/c15-12-6-5-10(16)7-11(12)14(18)17-13(8-1-2-8)9-3-4-9/h5-9,13H,1-4H2,(H,17,18). The molecule has 0 aliphatic heterocycles. The van der Waals surface area contributed by atoms with Gasteiger partial charge in [0.15, 0.2) is 0 Å². The van der Waals surface area contributed by atoms with E-state index in [0.717, 1.165) is 25.4 Å². The second-order valence-electron chi connectivity index (χ2n) is 5.30. The molecular weight excluding hydrogens is 405 g/mol. The summed E-state index contributed by atoms with van der Waals surface area (Å²) in [7, 11) is 0. The van der Waals surface area contributed by atoms with Crippen molar-refractivity contribution in [3.63, 3.8) is 0 Å². The van der Waals surface area contributed by atoms with Gasteiger partial charge < -0.3 is 5.32 Å². The molecule has 0 aromatic heterocycles. The van der Waals surface area contributed by atoms with Crippen LogP contribution in [-0.4, -0.2) is 11.9 Å². The molecule has 2 fully saturated rings. The van der Waals surface area contributed by atoms with Crippen LogP contribution in [0.1, 0.15) is 36.0 Å².